The molecule has 6 nitrogen and oxygen atoms in total. The normalized spacial score (nSPS) is 13.8. The van der Waals surface area contributed by atoms with Gasteiger partial charge in [-0.3, -0.25) is 4.79 Å². The average Bonchev–Trinajstić information content (AvgIpc) is 2.83. The van der Waals surface area contributed by atoms with Crippen molar-refractivity contribution in [1.82, 2.24) is 10.3 Å². The van der Waals surface area contributed by atoms with Gasteiger partial charge in [0.15, 0.2) is 0 Å². The van der Waals surface area contributed by atoms with Crippen molar-refractivity contribution >= 4 is 35.0 Å². The van der Waals surface area contributed by atoms with E-state index in [9.17, 15) is 9.59 Å². The lowest BCUT2D eigenvalue weighted by Crippen LogP contribution is -2.41. The number of aliphatic carboxylic acids is 1. The first-order chi connectivity index (χ1) is 8.95. The van der Waals surface area contributed by atoms with Gasteiger partial charge in [0.1, 0.15) is 16.7 Å². The number of amides is 1. The van der Waals surface area contributed by atoms with Gasteiger partial charge in [0.25, 0.3) is 5.91 Å². The lowest BCUT2D eigenvalue weighted by molar-refractivity contribution is -0.139. The number of carboxylic acid groups (broad SMARTS) is 1. The molecule has 2 atom stereocenters. The Kier molecular flexibility index (Phi) is 6.26. The second-order valence-corrected chi connectivity index (χ2v) is 5.88. The van der Waals surface area contributed by atoms with Gasteiger partial charge >= 0.3 is 5.97 Å². The topological polar surface area (TPSA) is 105 Å². The molecule has 19 heavy (non-hydrogen) atoms. The van der Waals surface area contributed by atoms with Crippen molar-refractivity contribution in [1.29, 1.82) is 0 Å². The Balaban J connectivity index is 2.67. The summed E-state index contributed by atoms with van der Waals surface area (Å²) < 4.78 is 0. The van der Waals surface area contributed by atoms with Crippen LogP contribution in [0.15, 0.2) is 5.38 Å². The second-order valence-electron chi connectivity index (χ2n) is 4.01. The first-order valence-electron chi connectivity index (χ1n) is 5.69. The van der Waals surface area contributed by atoms with Gasteiger partial charge in [-0.25, -0.2) is 9.78 Å². The van der Waals surface area contributed by atoms with Crippen LogP contribution >= 0.6 is 23.1 Å². The van der Waals surface area contributed by atoms with E-state index in [1.54, 1.807) is 12.3 Å². The van der Waals surface area contributed by atoms with Crippen LogP contribution in [0.25, 0.3) is 0 Å². The number of nitrogens with one attached hydrogen (secondary N) is 1. The Bertz CT molecular complexity index is 448. The molecular formula is C11H17N3O3S2. The molecule has 0 aromatic carbocycles. The Morgan fingerprint density at radius 2 is 2.32 bits per heavy atom. The minimum absolute atomic E-state index is 0.215. The molecule has 0 saturated heterocycles. The molecule has 1 amide bonds. The molecular weight excluding hydrogens is 286 g/mol. The molecule has 8 heteroatoms. The summed E-state index contributed by atoms with van der Waals surface area (Å²) in [6.45, 7) is 1.78. The summed E-state index contributed by atoms with van der Waals surface area (Å²) in [5, 5.41) is 13.7. The molecule has 1 aromatic heterocycles. The smallest absolute Gasteiger partial charge is 0.326 e. The lowest BCUT2D eigenvalue weighted by Gasteiger charge is -2.12. The highest BCUT2D eigenvalue weighted by Gasteiger charge is 2.21. The summed E-state index contributed by atoms with van der Waals surface area (Å²) in [5.74, 6) is -0.846. The third-order valence-electron chi connectivity index (χ3n) is 2.36. The molecule has 106 valence electrons. The zero-order valence-electron chi connectivity index (χ0n) is 10.8. The standard InChI is InChI=1S/C11H17N3O3S2/c1-6(12)10-14-8(5-19-10)9(15)13-7(11(16)17)3-4-18-2/h5-7H,3-4,12H2,1-2H3,(H,13,15)(H,16,17)/t6?,7-/m1/s1. The summed E-state index contributed by atoms with van der Waals surface area (Å²) in [6, 6.07) is -1.13. The lowest BCUT2D eigenvalue weighted by atomic mass is 10.2. The van der Waals surface area contributed by atoms with Gasteiger partial charge in [-0.1, -0.05) is 0 Å². The Morgan fingerprint density at radius 1 is 1.63 bits per heavy atom. The molecule has 0 radical (unpaired) electrons. The van der Waals surface area contributed by atoms with Crippen molar-refractivity contribution in [2.75, 3.05) is 12.0 Å². The van der Waals surface area contributed by atoms with Crippen LogP contribution in [0, 0.1) is 0 Å². The van der Waals surface area contributed by atoms with Gasteiger partial charge in [-0.15, -0.1) is 11.3 Å². The minimum atomic E-state index is -1.04. The highest BCUT2D eigenvalue weighted by Crippen LogP contribution is 2.16. The van der Waals surface area contributed by atoms with E-state index in [1.165, 1.54) is 23.1 Å². The van der Waals surface area contributed by atoms with Crippen LogP contribution in [-0.2, 0) is 4.79 Å². The second kappa shape index (κ2) is 7.46. The molecule has 4 N–H and O–H groups in total. The van der Waals surface area contributed by atoms with Crippen molar-refractivity contribution in [3.05, 3.63) is 16.1 Å². The first kappa shape index (κ1) is 15.9. The Morgan fingerprint density at radius 3 is 2.79 bits per heavy atom. The number of thiazole rings is 1. The van der Waals surface area contributed by atoms with Crippen LogP contribution in [0.5, 0.6) is 0 Å². The Hall–Kier alpha value is -1.12. The van der Waals surface area contributed by atoms with Crippen molar-refractivity contribution in [3.63, 3.8) is 0 Å². The van der Waals surface area contributed by atoms with Crippen LogP contribution in [0.2, 0.25) is 0 Å². The van der Waals surface area contributed by atoms with Crippen molar-refractivity contribution in [2.24, 2.45) is 5.73 Å². The van der Waals surface area contributed by atoms with Crippen molar-refractivity contribution in [3.8, 4) is 0 Å². The molecule has 0 fully saturated rings. The van der Waals surface area contributed by atoms with E-state index >= 15 is 0 Å². The van der Waals surface area contributed by atoms with Crippen LogP contribution in [0.4, 0.5) is 0 Å². The molecule has 1 heterocycles. The predicted molar refractivity (Wildman–Crippen MR) is 76.6 cm³/mol. The van der Waals surface area contributed by atoms with E-state index in [0.717, 1.165) is 0 Å². The first-order valence-corrected chi connectivity index (χ1v) is 7.96. The number of carbonyl (C=O) groups is 2. The van der Waals surface area contributed by atoms with E-state index in [0.29, 0.717) is 17.2 Å². The molecule has 0 aliphatic carbocycles. The predicted octanol–water partition coefficient (Wildman–Crippen LogP) is 1.10. The third kappa shape index (κ3) is 4.81. The summed E-state index contributed by atoms with van der Waals surface area (Å²) in [7, 11) is 0. The number of aromatic nitrogens is 1. The molecule has 1 aromatic rings. The fourth-order valence-electron chi connectivity index (χ4n) is 1.33. The summed E-state index contributed by atoms with van der Waals surface area (Å²) in [4.78, 5) is 27.0. The van der Waals surface area contributed by atoms with Crippen molar-refractivity contribution in [2.45, 2.75) is 25.4 Å². The van der Waals surface area contributed by atoms with E-state index in [4.69, 9.17) is 10.8 Å². The summed E-state index contributed by atoms with van der Waals surface area (Å²) in [5.41, 5.74) is 5.88. The van der Waals surface area contributed by atoms with Gasteiger partial charge < -0.3 is 16.2 Å². The molecule has 0 spiro atoms. The van der Waals surface area contributed by atoms with Crippen LogP contribution in [-0.4, -0.2) is 40.0 Å². The monoisotopic (exact) mass is 303 g/mol. The van der Waals surface area contributed by atoms with E-state index in [-0.39, 0.29) is 11.7 Å². The fraction of sp³-hybridized carbons (Fsp3) is 0.545. The number of hydrogen-bond acceptors (Lipinski definition) is 6. The van der Waals surface area contributed by atoms with Crippen LogP contribution in [0.3, 0.4) is 0 Å². The molecule has 0 aliphatic rings. The Labute approximate surface area is 119 Å². The maximum atomic E-state index is 11.9. The zero-order chi connectivity index (χ0) is 14.4. The van der Waals surface area contributed by atoms with Crippen molar-refractivity contribution < 1.29 is 14.7 Å². The quantitative estimate of drug-likeness (QED) is 0.696. The molecule has 0 aliphatic heterocycles. The van der Waals surface area contributed by atoms with Gasteiger partial charge in [0.2, 0.25) is 0 Å². The maximum Gasteiger partial charge on any atom is 0.326 e. The minimum Gasteiger partial charge on any atom is -0.480 e. The summed E-state index contributed by atoms with van der Waals surface area (Å²) in [6.07, 6.45) is 2.27. The number of nitrogens with two attached hydrogens (primary N) is 1. The van der Waals surface area contributed by atoms with Gasteiger partial charge in [0, 0.05) is 5.38 Å². The number of carboxylic acids is 1. The zero-order valence-corrected chi connectivity index (χ0v) is 12.4. The maximum absolute atomic E-state index is 11.9. The number of hydrogen-bond donors (Lipinski definition) is 3. The van der Waals surface area contributed by atoms with E-state index < -0.39 is 17.9 Å². The van der Waals surface area contributed by atoms with E-state index in [2.05, 4.69) is 10.3 Å². The number of rotatable bonds is 7. The number of thioether (sulfide) groups is 1. The van der Waals surface area contributed by atoms with Gasteiger partial charge in [0.05, 0.1) is 6.04 Å². The largest absolute Gasteiger partial charge is 0.480 e. The molecule has 1 unspecified atom stereocenters. The van der Waals surface area contributed by atoms with Crippen LogP contribution in [0.1, 0.15) is 34.9 Å². The molecule has 0 bridgehead atoms. The fourth-order valence-corrected chi connectivity index (χ4v) is 2.56. The average molecular weight is 303 g/mol. The highest BCUT2D eigenvalue weighted by atomic mass is 32.2. The van der Waals surface area contributed by atoms with Crippen LogP contribution < -0.4 is 11.1 Å². The SMILES string of the molecule is CSCC[C@@H](NC(=O)c1csc(C(C)N)n1)C(=O)O. The summed E-state index contributed by atoms with van der Waals surface area (Å²) >= 11 is 2.82. The van der Waals surface area contributed by atoms with Gasteiger partial charge in [-0.2, -0.15) is 11.8 Å². The van der Waals surface area contributed by atoms with E-state index in [1.807, 2.05) is 6.26 Å². The molecule has 0 saturated carbocycles. The van der Waals surface area contributed by atoms with Gasteiger partial charge in [-0.05, 0) is 25.4 Å². The third-order valence-corrected chi connectivity index (χ3v) is 4.05. The number of nitrogens with zero attached hydrogens (tertiary/aromatic N) is 1. The number of carbonyl (C=O) groups excluding carboxylic acids is 1. The highest BCUT2D eigenvalue weighted by molar-refractivity contribution is 7.98. The molecule has 1 rings (SSSR count).